The summed E-state index contributed by atoms with van der Waals surface area (Å²) in [6.07, 6.45) is 0.315. The van der Waals surface area contributed by atoms with Gasteiger partial charge in [0.2, 0.25) is 0 Å². The number of carbonyl (C=O) groups excluding carboxylic acids is 3. The number of nitrogens with two attached hydrogens (primary N) is 1. The minimum Gasteiger partial charge on any atom is -0.480 e. The second-order valence-electron chi connectivity index (χ2n) is 8.27. The molecule has 0 aliphatic carbocycles. The Bertz CT molecular complexity index is 835. The molecule has 9 nitrogen and oxygen atoms in total. The van der Waals surface area contributed by atoms with Gasteiger partial charge in [-0.25, -0.2) is 0 Å². The van der Waals surface area contributed by atoms with Crippen molar-refractivity contribution in [3.63, 3.8) is 0 Å². The monoisotopic (exact) mass is 451 g/mol. The summed E-state index contributed by atoms with van der Waals surface area (Å²) in [6.45, 7) is 9.81. The number of hydrogen-bond donors (Lipinski definition) is 2. The number of carboxylic acid groups (broad SMARTS) is 1. The van der Waals surface area contributed by atoms with E-state index in [0.29, 0.717) is 17.9 Å². The van der Waals surface area contributed by atoms with Crippen molar-refractivity contribution in [2.45, 2.75) is 72.4 Å². The standard InChI is InChI=1S/C23H33NO8/c1-12(2)7-10-20(27)30-14(4)13(3)21(22(24)23(28)29)17-8-9-18(31-15(5)25)19(11-17)32-16(6)26/h8-9,11-14,21-22H,7,10,24H2,1-6H3,(H,28,29)/t13?,14?,21?,22-/m0/s1. The van der Waals surface area contributed by atoms with Crippen molar-refractivity contribution >= 4 is 23.9 Å². The van der Waals surface area contributed by atoms with Crippen LogP contribution in [0.4, 0.5) is 0 Å². The Morgan fingerprint density at radius 3 is 2.03 bits per heavy atom. The molecule has 0 fully saturated rings. The van der Waals surface area contributed by atoms with Crippen LogP contribution in [0, 0.1) is 11.8 Å². The summed E-state index contributed by atoms with van der Waals surface area (Å²) in [5, 5.41) is 9.57. The second kappa shape index (κ2) is 12.2. The predicted molar refractivity (Wildman–Crippen MR) is 116 cm³/mol. The number of benzene rings is 1. The van der Waals surface area contributed by atoms with Crippen LogP contribution in [0.3, 0.4) is 0 Å². The topological polar surface area (TPSA) is 142 Å². The predicted octanol–water partition coefficient (Wildman–Crippen LogP) is 3.04. The second-order valence-corrected chi connectivity index (χ2v) is 8.27. The number of hydrogen-bond acceptors (Lipinski definition) is 8. The molecule has 0 heterocycles. The highest BCUT2D eigenvalue weighted by Crippen LogP contribution is 2.37. The highest BCUT2D eigenvalue weighted by molar-refractivity contribution is 5.76. The van der Waals surface area contributed by atoms with E-state index in [1.54, 1.807) is 19.9 Å². The molecule has 9 heteroatoms. The highest BCUT2D eigenvalue weighted by Gasteiger charge is 2.35. The molecule has 178 valence electrons. The van der Waals surface area contributed by atoms with E-state index in [1.165, 1.54) is 26.0 Å². The van der Waals surface area contributed by atoms with E-state index in [-0.39, 0.29) is 23.9 Å². The SMILES string of the molecule is CC(=O)Oc1ccc(C(C(C)C(C)OC(=O)CCC(C)C)[C@H](N)C(=O)O)cc1OC(C)=O. The van der Waals surface area contributed by atoms with E-state index in [4.69, 9.17) is 19.9 Å². The number of aliphatic carboxylic acids is 1. The van der Waals surface area contributed by atoms with Crippen LogP contribution in [0.25, 0.3) is 0 Å². The fourth-order valence-electron chi connectivity index (χ4n) is 3.27. The van der Waals surface area contributed by atoms with Gasteiger partial charge in [0.15, 0.2) is 11.5 Å². The van der Waals surface area contributed by atoms with Crippen molar-refractivity contribution in [1.29, 1.82) is 0 Å². The molecule has 0 aliphatic heterocycles. The maximum absolute atomic E-state index is 12.2. The molecular formula is C23H33NO8. The van der Waals surface area contributed by atoms with Crippen LogP contribution in [-0.4, -0.2) is 41.1 Å². The van der Waals surface area contributed by atoms with Crippen LogP contribution in [0.15, 0.2) is 18.2 Å². The van der Waals surface area contributed by atoms with Gasteiger partial charge in [0, 0.05) is 32.1 Å². The first-order valence-corrected chi connectivity index (χ1v) is 10.5. The van der Waals surface area contributed by atoms with Gasteiger partial charge >= 0.3 is 23.9 Å². The van der Waals surface area contributed by atoms with Crippen LogP contribution in [0.2, 0.25) is 0 Å². The van der Waals surface area contributed by atoms with Crippen molar-refractivity contribution in [2.75, 3.05) is 0 Å². The van der Waals surface area contributed by atoms with Crippen LogP contribution >= 0.6 is 0 Å². The minimum atomic E-state index is -1.33. The molecule has 1 aromatic rings. The maximum atomic E-state index is 12.2. The van der Waals surface area contributed by atoms with Crippen molar-refractivity contribution in [2.24, 2.45) is 17.6 Å². The average molecular weight is 452 g/mol. The fraction of sp³-hybridized carbons (Fsp3) is 0.565. The van der Waals surface area contributed by atoms with Gasteiger partial charge in [-0.1, -0.05) is 26.8 Å². The smallest absolute Gasteiger partial charge is 0.321 e. The summed E-state index contributed by atoms with van der Waals surface area (Å²) in [5.41, 5.74) is 6.43. The molecule has 3 unspecified atom stereocenters. The zero-order chi connectivity index (χ0) is 24.6. The lowest BCUT2D eigenvalue weighted by atomic mass is 9.79. The molecule has 0 aliphatic rings. The van der Waals surface area contributed by atoms with E-state index < -0.39 is 41.9 Å². The number of ether oxygens (including phenoxy) is 3. The first-order chi connectivity index (χ1) is 14.8. The van der Waals surface area contributed by atoms with Gasteiger partial charge in [0.25, 0.3) is 0 Å². The molecule has 0 aromatic heterocycles. The van der Waals surface area contributed by atoms with Crippen LogP contribution in [0.5, 0.6) is 11.5 Å². The maximum Gasteiger partial charge on any atom is 0.321 e. The molecule has 0 saturated heterocycles. The molecule has 4 atom stereocenters. The molecule has 1 aromatic carbocycles. The number of esters is 3. The molecule has 0 saturated carbocycles. The lowest BCUT2D eigenvalue weighted by Crippen LogP contribution is -2.42. The Kier molecular flexibility index (Phi) is 10.3. The van der Waals surface area contributed by atoms with Gasteiger partial charge in [0.05, 0.1) is 0 Å². The van der Waals surface area contributed by atoms with Crippen molar-refractivity contribution in [3.05, 3.63) is 23.8 Å². The lowest BCUT2D eigenvalue weighted by molar-refractivity contribution is -0.151. The molecule has 1 rings (SSSR count). The Labute approximate surface area is 188 Å². The van der Waals surface area contributed by atoms with Gasteiger partial charge < -0.3 is 25.1 Å². The van der Waals surface area contributed by atoms with Crippen molar-refractivity contribution in [3.8, 4) is 11.5 Å². The molecule has 3 N–H and O–H groups in total. The van der Waals surface area contributed by atoms with Gasteiger partial charge in [-0.2, -0.15) is 0 Å². The van der Waals surface area contributed by atoms with Gasteiger partial charge in [-0.3, -0.25) is 19.2 Å². The zero-order valence-electron chi connectivity index (χ0n) is 19.4. The molecule has 0 amide bonds. The third-order valence-corrected chi connectivity index (χ3v) is 5.08. The van der Waals surface area contributed by atoms with E-state index in [0.717, 1.165) is 0 Å². The Morgan fingerprint density at radius 2 is 1.53 bits per heavy atom. The first-order valence-electron chi connectivity index (χ1n) is 10.5. The number of rotatable bonds is 11. The first kappa shape index (κ1) is 27.1. The van der Waals surface area contributed by atoms with Gasteiger partial charge in [-0.15, -0.1) is 0 Å². The molecular weight excluding hydrogens is 418 g/mol. The summed E-state index contributed by atoms with van der Waals surface area (Å²) < 4.78 is 15.7. The van der Waals surface area contributed by atoms with Crippen molar-refractivity contribution in [1.82, 2.24) is 0 Å². The third kappa shape index (κ3) is 8.30. The minimum absolute atomic E-state index is 0.0138. The Hall–Kier alpha value is -2.94. The number of carboxylic acids is 1. The van der Waals surface area contributed by atoms with Crippen LogP contribution < -0.4 is 15.2 Å². The summed E-state index contributed by atoms with van der Waals surface area (Å²) in [7, 11) is 0. The van der Waals surface area contributed by atoms with E-state index >= 15 is 0 Å². The van der Waals surface area contributed by atoms with E-state index in [2.05, 4.69) is 0 Å². The fourth-order valence-corrected chi connectivity index (χ4v) is 3.27. The van der Waals surface area contributed by atoms with Crippen molar-refractivity contribution < 1.29 is 38.5 Å². The summed E-state index contributed by atoms with van der Waals surface area (Å²) in [6, 6.07) is 3.04. The molecule has 0 bridgehead atoms. The van der Waals surface area contributed by atoms with Crippen LogP contribution in [0.1, 0.15) is 65.9 Å². The molecule has 0 spiro atoms. The average Bonchev–Trinajstić information content (AvgIpc) is 2.67. The van der Waals surface area contributed by atoms with Crippen LogP contribution in [-0.2, 0) is 23.9 Å². The molecule has 0 radical (unpaired) electrons. The van der Waals surface area contributed by atoms with E-state index in [1.807, 2.05) is 13.8 Å². The van der Waals surface area contributed by atoms with E-state index in [9.17, 15) is 24.3 Å². The highest BCUT2D eigenvalue weighted by atomic mass is 16.6. The quantitative estimate of drug-likeness (QED) is 0.383. The summed E-state index contributed by atoms with van der Waals surface area (Å²) >= 11 is 0. The molecule has 32 heavy (non-hydrogen) atoms. The third-order valence-electron chi connectivity index (χ3n) is 5.08. The van der Waals surface area contributed by atoms with Gasteiger partial charge in [-0.05, 0) is 37.0 Å². The van der Waals surface area contributed by atoms with Gasteiger partial charge in [0.1, 0.15) is 12.1 Å². The normalized spacial score (nSPS) is 14.8. The number of carbonyl (C=O) groups is 4. The summed E-state index contributed by atoms with van der Waals surface area (Å²) in [5.74, 6) is -3.82. The largest absolute Gasteiger partial charge is 0.480 e. The Morgan fingerprint density at radius 1 is 0.969 bits per heavy atom. The Balaban J connectivity index is 3.27. The zero-order valence-corrected chi connectivity index (χ0v) is 19.4. The lowest BCUT2D eigenvalue weighted by Gasteiger charge is -2.32. The summed E-state index contributed by atoms with van der Waals surface area (Å²) in [4.78, 5) is 46.8.